The van der Waals surface area contributed by atoms with Crippen LogP contribution < -0.4 is 5.32 Å². The maximum Gasteiger partial charge on any atom is 0.318 e. The summed E-state index contributed by atoms with van der Waals surface area (Å²) in [6.07, 6.45) is 10.3. The van der Waals surface area contributed by atoms with Gasteiger partial charge in [-0.15, -0.1) is 0 Å². The number of carbonyl (C=O) groups excluding carboxylic acids is 1. The van der Waals surface area contributed by atoms with Gasteiger partial charge >= 0.3 is 6.03 Å². The minimum absolute atomic E-state index is 0.119. The van der Waals surface area contributed by atoms with E-state index in [0.717, 1.165) is 30.5 Å². The third-order valence-corrected chi connectivity index (χ3v) is 7.20. The van der Waals surface area contributed by atoms with Gasteiger partial charge in [0.25, 0.3) is 0 Å². The Morgan fingerprint density at radius 2 is 2.00 bits per heavy atom. The molecule has 0 unspecified atom stereocenters. The van der Waals surface area contributed by atoms with E-state index in [1.165, 1.54) is 45.2 Å². The van der Waals surface area contributed by atoms with Crippen molar-refractivity contribution in [1.29, 1.82) is 0 Å². The number of rotatable bonds is 2. The first kappa shape index (κ1) is 17.3. The molecule has 3 aliphatic heterocycles. The fourth-order valence-corrected chi connectivity index (χ4v) is 6.08. The Labute approximate surface area is 162 Å². The van der Waals surface area contributed by atoms with Crippen molar-refractivity contribution in [2.45, 2.75) is 57.2 Å². The van der Waals surface area contributed by atoms with Crippen LogP contribution in [0, 0.1) is 11.8 Å². The predicted octanol–water partition coefficient (Wildman–Crippen LogP) is 3.79. The number of piperidine rings is 3. The van der Waals surface area contributed by atoms with Crippen molar-refractivity contribution in [2.75, 3.05) is 19.6 Å². The van der Waals surface area contributed by atoms with Gasteiger partial charge in [0.15, 0.2) is 0 Å². The van der Waals surface area contributed by atoms with Gasteiger partial charge in [-0.05, 0) is 56.0 Å². The van der Waals surface area contributed by atoms with Crippen LogP contribution >= 0.6 is 0 Å². The minimum atomic E-state index is 0.119. The first-order valence-corrected chi connectivity index (χ1v) is 10.8. The van der Waals surface area contributed by atoms with E-state index < -0.39 is 0 Å². The standard InChI is InChI=1S/C23H31N3O/c27-23(24-15-17-7-2-1-3-8-17)26-12-6-9-18-13-19-14-20(22(18)26)16-25-11-5-4-10-21(19)25/h1-3,7-8,13,19-22H,4-6,9-12,14-16H2,(H,24,27)/t19-,20+,21-,22-/m0/s1. The van der Waals surface area contributed by atoms with E-state index in [9.17, 15) is 4.79 Å². The number of nitrogens with zero attached hydrogens (tertiary/aromatic N) is 2. The fourth-order valence-electron chi connectivity index (χ4n) is 6.08. The summed E-state index contributed by atoms with van der Waals surface area (Å²) in [5.74, 6) is 1.34. The molecule has 1 N–H and O–H groups in total. The van der Waals surface area contributed by atoms with E-state index in [1.54, 1.807) is 5.57 Å². The summed E-state index contributed by atoms with van der Waals surface area (Å²) in [6, 6.07) is 11.4. The summed E-state index contributed by atoms with van der Waals surface area (Å²) in [7, 11) is 0. The van der Waals surface area contributed by atoms with Crippen LogP contribution in [0.2, 0.25) is 0 Å². The average molecular weight is 366 g/mol. The van der Waals surface area contributed by atoms with E-state index in [0.29, 0.717) is 18.5 Å². The monoisotopic (exact) mass is 365 g/mol. The van der Waals surface area contributed by atoms with Gasteiger partial charge in [-0.25, -0.2) is 4.79 Å². The summed E-state index contributed by atoms with van der Waals surface area (Å²) < 4.78 is 0. The Kier molecular flexibility index (Phi) is 4.68. The molecule has 144 valence electrons. The molecule has 1 aliphatic carbocycles. The smallest absolute Gasteiger partial charge is 0.318 e. The van der Waals surface area contributed by atoms with Crippen LogP contribution in [-0.2, 0) is 6.54 Å². The van der Waals surface area contributed by atoms with Crippen LogP contribution in [0.1, 0.15) is 44.1 Å². The summed E-state index contributed by atoms with van der Waals surface area (Å²) in [5, 5.41) is 3.18. The lowest BCUT2D eigenvalue weighted by atomic mass is 9.68. The van der Waals surface area contributed by atoms with E-state index in [2.05, 4.69) is 33.3 Å². The van der Waals surface area contributed by atoms with Crippen molar-refractivity contribution in [3.8, 4) is 0 Å². The Hall–Kier alpha value is -1.81. The van der Waals surface area contributed by atoms with Gasteiger partial charge in [0.1, 0.15) is 0 Å². The molecule has 1 aromatic rings. The van der Waals surface area contributed by atoms with Crippen molar-refractivity contribution in [3.05, 3.63) is 47.5 Å². The van der Waals surface area contributed by atoms with E-state index in [4.69, 9.17) is 0 Å². The molecular weight excluding hydrogens is 334 g/mol. The molecule has 4 nitrogen and oxygen atoms in total. The van der Waals surface area contributed by atoms with E-state index >= 15 is 0 Å². The summed E-state index contributed by atoms with van der Waals surface area (Å²) in [6.45, 7) is 3.95. The highest BCUT2D eigenvalue weighted by Crippen LogP contribution is 2.44. The van der Waals surface area contributed by atoms with Gasteiger partial charge in [-0.2, -0.15) is 0 Å². The summed E-state index contributed by atoms with van der Waals surface area (Å²) in [4.78, 5) is 17.9. The molecule has 0 aromatic heterocycles. The van der Waals surface area contributed by atoms with E-state index in [-0.39, 0.29) is 6.03 Å². The maximum atomic E-state index is 13.0. The normalized spacial score (nSPS) is 32.9. The first-order chi connectivity index (χ1) is 13.3. The number of benzene rings is 1. The number of hydrogen-bond acceptors (Lipinski definition) is 2. The highest BCUT2D eigenvalue weighted by Gasteiger charge is 2.46. The Morgan fingerprint density at radius 1 is 1.11 bits per heavy atom. The van der Waals surface area contributed by atoms with Crippen molar-refractivity contribution in [3.63, 3.8) is 0 Å². The van der Waals surface area contributed by atoms with Crippen molar-refractivity contribution >= 4 is 6.03 Å². The number of fused-ring (bicyclic) bond motifs is 6. The molecule has 4 aliphatic rings. The second-order valence-corrected chi connectivity index (χ2v) is 8.85. The van der Waals surface area contributed by atoms with Gasteiger partial charge < -0.3 is 10.2 Å². The zero-order valence-corrected chi connectivity index (χ0v) is 16.1. The predicted molar refractivity (Wildman–Crippen MR) is 107 cm³/mol. The van der Waals surface area contributed by atoms with E-state index in [1.807, 2.05) is 18.2 Å². The molecule has 3 heterocycles. The van der Waals surface area contributed by atoms with Gasteiger partial charge in [0, 0.05) is 25.7 Å². The van der Waals surface area contributed by atoms with Gasteiger partial charge in [0.2, 0.25) is 0 Å². The molecule has 2 amide bonds. The molecule has 1 aromatic carbocycles. The number of nitrogens with one attached hydrogen (secondary N) is 1. The molecule has 5 rings (SSSR count). The molecule has 0 radical (unpaired) electrons. The lowest BCUT2D eigenvalue weighted by Crippen LogP contribution is -2.61. The molecular formula is C23H31N3O. The highest BCUT2D eigenvalue weighted by atomic mass is 16.2. The van der Waals surface area contributed by atoms with Gasteiger partial charge in [0.05, 0.1) is 6.04 Å². The number of amides is 2. The first-order valence-electron chi connectivity index (χ1n) is 10.8. The van der Waals surface area contributed by atoms with Crippen LogP contribution in [-0.4, -0.2) is 47.5 Å². The highest BCUT2D eigenvalue weighted by molar-refractivity contribution is 5.75. The molecule has 0 saturated carbocycles. The number of hydrogen-bond donors (Lipinski definition) is 1. The molecule has 3 saturated heterocycles. The Morgan fingerprint density at radius 3 is 2.89 bits per heavy atom. The molecule has 0 spiro atoms. The second-order valence-electron chi connectivity index (χ2n) is 8.85. The zero-order valence-electron chi connectivity index (χ0n) is 16.1. The quantitative estimate of drug-likeness (QED) is 0.810. The molecule has 2 bridgehead atoms. The molecule has 4 atom stereocenters. The van der Waals surface area contributed by atoms with Crippen molar-refractivity contribution in [1.82, 2.24) is 15.1 Å². The van der Waals surface area contributed by atoms with Gasteiger partial charge in [-0.3, -0.25) is 4.90 Å². The maximum absolute atomic E-state index is 13.0. The van der Waals surface area contributed by atoms with Crippen molar-refractivity contribution < 1.29 is 4.79 Å². The van der Waals surface area contributed by atoms with Crippen LogP contribution in [0.4, 0.5) is 4.79 Å². The molecule has 27 heavy (non-hydrogen) atoms. The zero-order chi connectivity index (χ0) is 18.2. The fraction of sp³-hybridized carbons (Fsp3) is 0.609. The lowest BCUT2D eigenvalue weighted by Gasteiger charge is -2.54. The van der Waals surface area contributed by atoms with Crippen molar-refractivity contribution in [2.24, 2.45) is 11.8 Å². The second kappa shape index (κ2) is 7.31. The lowest BCUT2D eigenvalue weighted by molar-refractivity contribution is 0.00788. The number of carbonyl (C=O) groups is 1. The topological polar surface area (TPSA) is 35.6 Å². The van der Waals surface area contributed by atoms with Crippen LogP contribution in [0.5, 0.6) is 0 Å². The summed E-state index contributed by atoms with van der Waals surface area (Å²) in [5.41, 5.74) is 2.72. The summed E-state index contributed by atoms with van der Waals surface area (Å²) >= 11 is 0. The number of urea groups is 1. The molecule has 4 heteroatoms. The number of likely N-dealkylation sites (tertiary alicyclic amines) is 1. The minimum Gasteiger partial charge on any atom is -0.334 e. The Balaban J connectivity index is 1.33. The Bertz CT molecular complexity index is 716. The van der Waals surface area contributed by atoms with Gasteiger partial charge in [-0.1, -0.05) is 48.4 Å². The van der Waals surface area contributed by atoms with Crippen LogP contribution in [0.15, 0.2) is 42.0 Å². The average Bonchev–Trinajstić information content (AvgIpc) is 2.72. The van der Waals surface area contributed by atoms with Crippen LogP contribution in [0.3, 0.4) is 0 Å². The third-order valence-electron chi connectivity index (χ3n) is 7.20. The SMILES string of the molecule is O=C(NCc1ccccc1)N1CCCC2=C[C@H]3C[C@H](CN4CCCC[C@@H]34)[C@H]21. The third kappa shape index (κ3) is 3.29. The largest absolute Gasteiger partial charge is 0.334 e. The molecule has 3 fully saturated rings. The van der Waals surface area contributed by atoms with Crippen LogP contribution in [0.25, 0.3) is 0 Å².